The van der Waals surface area contributed by atoms with Gasteiger partial charge in [-0.25, -0.2) is 27.5 Å². The number of aromatic nitrogens is 4. The molecule has 0 radical (unpaired) electrons. The fourth-order valence-electron chi connectivity index (χ4n) is 5.75. The van der Waals surface area contributed by atoms with Crippen molar-refractivity contribution >= 4 is 22.8 Å². The molecule has 3 aromatic heterocycles. The second kappa shape index (κ2) is 11.6. The maximum atomic E-state index is 16.0. The van der Waals surface area contributed by atoms with Crippen LogP contribution < -0.4 is 10.6 Å². The van der Waals surface area contributed by atoms with Gasteiger partial charge in [-0.2, -0.15) is 4.98 Å². The van der Waals surface area contributed by atoms with Crippen molar-refractivity contribution in [2.24, 2.45) is 0 Å². The minimum Gasteiger partial charge on any atom is -0.349 e. The van der Waals surface area contributed by atoms with Crippen molar-refractivity contribution in [2.75, 3.05) is 18.0 Å². The molecule has 4 heterocycles. The SMILES string of the molecule is C=CC(=O)N1CC(C)N(c2nc(=O)n(-c3c(C)ccnc3C(C)C)c3nc(-c4ccccc4C(F)F)c(F)cc23)CC1C. The van der Waals surface area contributed by atoms with Crippen LogP contribution in [-0.2, 0) is 4.79 Å². The molecular weight excluding hydrogens is 557 g/mol. The van der Waals surface area contributed by atoms with Crippen molar-refractivity contribution in [1.29, 1.82) is 0 Å². The summed E-state index contributed by atoms with van der Waals surface area (Å²) < 4.78 is 45.3. The lowest BCUT2D eigenvalue weighted by atomic mass is 10.0. The van der Waals surface area contributed by atoms with Crippen LogP contribution in [0.3, 0.4) is 0 Å². The third-order valence-electron chi connectivity index (χ3n) is 7.89. The predicted octanol–water partition coefficient (Wildman–Crippen LogP) is 5.96. The number of piperazine rings is 1. The van der Waals surface area contributed by atoms with Gasteiger partial charge in [0, 0.05) is 42.5 Å². The van der Waals surface area contributed by atoms with Crippen molar-refractivity contribution in [3.05, 3.63) is 88.4 Å². The van der Waals surface area contributed by atoms with Gasteiger partial charge in [-0.1, -0.05) is 44.7 Å². The quantitative estimate of drug-likeness (QED) is 0.258. The Hall–Kier alpha value is -4.54. The van der Waals surface area contributed by atoms with Gasteiger partial charge in [0.25, 0.3) is 6.43 Å². The number of nitrogens with zero attached hydrogens (tertiary/aromatic N) is 6. The summed E-state index contributed by atoms with van der Waals surface area (Å²) in [6.07, 6.45) is 0.0375. The molecule has 2 atom stereocenters. The summed E-state index contributed by atoms with van der Waals surface area (Å²) in [5.41, 5.74) is 0.441. The van der Waals surface area contributed by atoms with E-state index in [9.17, 15) is 18.4 Å². The number of anilines is 1. The number of carbonyl (C=O) groups excluding carboxylic acids is 1. The van der Waals surface area contributed by atoms with Crippen LogP contribution in [-0.4, -0.2) is 55.5 Å². The number of hydrogen-bond donors (Lipinski definition) is 0. The van der Waals surface area contributed by atoms with Crippen LogP contribution in [0.5, 0.6) is 0 Å². The highest BCUT2D eigenvalue weighted by Crippen LogP contribution is 2.36. The largest absolute Gasteiger partial charge is 0.355 e. The van der Waals surface area contributed by atoms with E-state index in [-0.39, 0.29) is 57.6 Å². The van der Waals surface area contributed by atoms with Gasteiger partial charge < -0.3 is 9.80 Å². The third kappa shape index (κ3) is 5.28. The second-order valence-corrected chi connectivity index (χ2v) is 11.2. The Balaban J connectivity index is 1.84. The zero-order valence-corrected chi connectivity index (χ0v) is 24.7. The summed E-state index contributed by atoms with van der Waals surface area (Å²) in [5, 5.41) is 0.232. The van der Waals surface area contributed by atoms with E-state index in [1.54, 1.807) is 17.2 Å². The molecule has 11 heteroatoms. The standard InChI is InChI=1S/C32H33F3N6O2/c1-7-25(42)39-15-20(6)40(16-19(39)5)30-23-14-24(33)27(21-10-8-9-11-22(21)29(34)35)37-31(23)41(32(43)38-30)28-18(4)12-13-36-26(28)17(2)3/h7-14,17,19-20,29H,1,15-16H2,2-6H3. The summed E-state index contributed by atoms with van der Waals surface area (Å²) in [6.45, 7) is 13.7. The monoisotopic (exact) mass is 590 g/mol. The summed E-state index contributed by atoms with van der Waals surface area (Å²) in [4.78, 5) is 43.6. The average Bonchev–Trinajstić information content (AvgIpc) is 2.97. The topological polar surface area (TPSA) is 84.2 Å². The number of fused-ring (bicyclic) bond motifs is 1. The number of amides is 1. The minimum absolute atomic E-state index is 0.0675. The Kier molecular flexibility index (Phi) is 8.09. The molecule has 1 aromatic carbocycles. The molecule has 0 aliphatic carbocycles. The highest BCUT2D eigenvalue weighted by Gasteiger charge is 2.34. The molecular formula is C32H33F3N6O2. The molecule has 1 saturated heterocycles. The fourth-order valence-corrected chi connectivity index (χ4v) is 5.75. The molecule has 2 unspecified atom stereocenters. The maximum Gasteiger partial charge on any atom is 0.355 e. The number of alkyl halides is 2. The van der Waals surface area contributed by atoms with E-state index in [1.165, 1.54) is 41.0 Å². The van der Waals surface area contributed by atoms with Crippen LogP contribution >= 0.6 is 0 Å². The van der Waals surface area contributed by atoms with Crippen LogP contribution in [0, 0.1) is 12.7 Å². The van der Waals surface area contributed by atoms with Crippen molar-refractivity contribution in [1.82, 2.24) is 24.4 Å². The van der Waals surface area contributed by atoms with Gasteiger partial charge in [-0.3, -0.25) is 9.78 Å². The predicted molar refractivity (Wildman–Crippen MR) is 160 cm³/mol. The second-order valence-electron chi connectivity index (χ2n) is 11.2. The molecule has 224 valence electrons. The molecule has 0 saturated carbocycles. The fraction of sp³-hybridized carbons (Fsp3) is 0.344. The van der Waals surface area contributed by atoms with Crippen LogP contribution in [0.25, 0.3) is 28.0 Å². The highest BCUT2D eigenvalue weighted by atomic mass is 19.3. The zero-order chi connectivity index (χ0) is 31.2. The van der Waals surface area contributed by atoms with Crippen molar-refractivity contribution in [3.63, 3.8) is 0 Å². The Morgan fingerprint density at radius 3 is 2.49 bits per heavy atom. The summed E-state index contributed by atoms with van der Waals surface area (Å²) >= 11 is 0. The number of aryl methyl sites for hydroxylation is 1. The van der Waals surface area contributed by atoms with Crippen LogP contribution in [0.15, 0.2) is 60.0 Å². The van der Waals surface area contributed by atoms with Crippen LogP contribution in [0.4, 0.5) is 19.0 Å². The van der Waals surface area contributed by atoms with E-state index in [0.717, 1.165) is 5.56 Å². The molecule has 1 amide bonds. The Labute approximate surface area is 247 Å². The normalized spacial score (nSPS) is 17.3. The lowest BCUT2D eigenvalue weighted by Crippen LogP contribution is -2.58. The van der Waals surface area contributed by atoms with E-state index >= 15 is 4.39 Å². The Morgan fingerprint density at radius 2 is 1.81 bits per heavy atom. The highest BCUT2D eigenvalue weighted by molar-refractivity contribution is 5.91. The first-order valence-corrected chi connectivity index (χ1v) is 14.1. The van der Waals surface area contributed by atoms with Gasteiger partial charge in [0.15, 0.2) is 5.65 Å². The molecule has 0 bridgehead atoms. The molecule has 43 heavy (non-hydrogen) atoms. The van der Waals surface area contributed by atoms with E-state index in [1.807, 2.05) is 39.5 Å². The number of hydrogen-bond acceptors (Lipinski definition) is 6. The van der Waals surface area contributed by atoms with E-state index in [2.05, 4.69) is 21.5 Å². The van der Waals surface area contributed by atoms with E-state index in [0.29, 0.717) is 24.5 Å². The zero-order valence-electron chi connectivity index (χ0n) is 24.7. The molecule has 0 spiro atoms. The third-order valence-corrected chi connectivity index (χ3v) is 7.89. The lowest BCUT2D eigenvalue weighted by molar-refractivity contribution is -0.128. The van der Waals surface area contributed by atoms with Gasteiger partial charge >= 0.3 is 5.69 Å². The number of halogens is 3. The maximum absolute atomic E-state index is 16.0. The smallest absolute Gasteiger partial charge is 0.349 e. The van der Waals surface area contributed by atoms with Gasteiger partial charge in [-0.15, -0.1) is 0 Å². The summed E-state index contributed by atoms with van der Waals surface area (Å²) in [5.74, 6) is -0.932. The van der Waals surface area contributed by atoms with Gasteiger partial charge in [0.2, 0.25) is 5.91 Å². The van der Waals surface area contributed by atoms with E-state index < -0.39 is 17.9 Å². The van der Waals surface area contributed by atoms with E-state index in [4.69, 9.17) is 0 Å². The Bertz CT molecular complexity index is 1790. The lowest BCUT2D eigenvalue weighted by Gasteiger charge is -2.44. The molecule has 5 rings (SSSR count). The molecule has 1 aliphatic rings. The van der Waals surface area contributed by atoms with Crippen LogP contribution in [0.2, 0.25) is 0 Å². The molecule has 8 nitrogen and oxygen atoms in total. The molecule has 0 N–H and O–H groups in total. The molecule has 4 aromatic rings. The van der Waals surface area contributed by atoms with Crippen LogP contribution in [0.1, 0.15) is 56.9 Å². The molecule has 1 aliphatic heterocycles. The number of rotatable bonds is 6. The first-order chi connectivity index (χ1) is 20.4. The van der Waals surface area contributed by atoms with Gasteiger partial charge in [0.05, 0.1) is 16.8 Å². The van der Waals surface area contributed by atoms with Gasteiger partial charge in [0.1, 0.15) is 17.3 Å². The van der Waals surface area contributed by atoms with Crippen molar-refractivity contribution < 1.29 is 18.0 Å². The summed E-state index contributed by atoms with van der Waals surface area (Å²) in [7, 11) is 0. The minimum atomic E-state index is -2.87. The first kappa shape index (κ1) is 29.9. The Morgan fingerprint density at radius 1 is 1.09 bits per heavy atom. The molecule has 1 fully saturated rings. The van der Waals surface area contributed by atoms with Crippen molar-refractivity contribution in [2.45, 2.75) is 59.0 Å². The van der Waals surface area contributed by atoms with Gasteiger partial charge in [-0.05, 0) is 50.5 Å². The van der Waals surface area contributed by atoms with Crippen molar-refractivity contribution in [3.8, 4) is 16.9 Å². The first-order valence-electron chi connectivity index (χ1n) is 14.1. The average molecular weight is 591 g/mol. The number of benzene rings is 1. The number of pyridine rings is 2. The number of carbonyl (C=O) groups is 1. The summed E-state index contributed by atoms with van der Waals surface area (Å²) in [6, 6.07) is 8.01.